The highest BCUT2D eigenvalue weighted by Crippen LogP contribution is 2.43. The van der Waals surface area contributed by atoms with Crippen LogP contribution in [0.1, 0.15) is 232 Å². The number of carbonyl (C=O) groups is 1. The molecule has 0 bridgehead atoms. The Morgan fingerprint density at radius 1 is 0.547 bits per heavy atom. The van der Waals surface area contributed by atoms with Gasteiger partial charge in [-0.05, 0) is 51.4 Å². The van der Waals surface area contributed by atoms with Gasteiger partial charge in [-0.15, -0.1) is 0 Å². The van der Waals surface area contributed by atoms with Crippen molar-refractivity contribution in [2.24, 2.45) is 0 Å². The van der Waals surface area contributed by atoms with Gasteiger partial charge in [0.05, 0.1) is 39.9 Å². The van der Waals surface area contributed by atoms with Crippen LogP contribution in [0.4, 0.5) is 0 Å². The Balaban J connectivity index is 4.26. The lowest BCUT2D eigenvalue weighted by Gasteiger charge is -2.26. The molecule has 8 nitrogen and oxygen atoms in total. The van der Waals surface area contributed by atoms with Crippen LogP contribution in [0, 0.1) is 0 Å². The van der Waals surface area contributed by atoms with Crippen LogP contribution < -0.4 is 5.32 Å². The molecule has 9 heteroatoms. The molecule has 0 aliphatic carbocycles. The Hall–Kier alpha value is -1.80. The van der Waals surface area contributed by atoms with Gasteiger partial charge in [0.15, 0.2) is 0 Å². The average Bonchev–Trinajstić information content (AvgIpc) is 3.25. The summed E-state index contributed by atoms with van der Waals surface area (Å²) in [5.74, 6) is -0.200. The molecule has 0 aliphatic rings. The largest absolute Gasteiger partial charge is 0.472 e. The van der Waals surface area contributed by atoms with Crippen molar-refractivity contribution in [3.63, 3.8) is 0 Å². The van der Waals surface area contributed by atoms with Crippen molar-refractivity contribution in [1.82, 2.24) is 5.32 Å². The Labute approximate surface area is 396 Å². The van der Waals surface area contributed by atoms with Crippen LogP contribution in [-0.2, 0) is 18.4 Å². The molecular formula is C55H104N2O6P+. The van der Waals surface area contributed by atoms with Gasteiger partial charge in [0.2, 0.25) is 5.91 Å². The molecule has 0 aromatic rings. The summed E-state index contributed by atoms with van der Waals surface area (Å²) in [7, 11) is 1.58. The number of aliphatic hydroxyl groups is 1. The van der Waals surface area contributed by atoms with Gasteiger partial charge in [-0.25, -0.2) is 4.57 Å². The van der Waals surface area contributed by atoms with Crippen LogP contribution in [0.15, 0.2) is 60.8 Å². The lowest BCUT2D eigenvalue weighted by Crippen LogP contribution is -2.46. The van der Waals surface area contributed by atoms with Gasteiger partial charge in [-0.1, -0.05) is 235 Å². The van der Waals surface area contributed by atoms with E-state index in [4.69, 9.17) is 9.05 Å². The van der Waals surface area contributed by atoms with E-state index in [-0.39, 0.29) is 19.1 Å². The topological polar surface area (TPSA) is 105 Å². The van der Waals surface area contributed by atoms with Crippen LogP contribution in [0.5, 0.6) is 0 Å². The summed E-state index contributed by atoms with van der Waals surface area (Å²) in [6.45, 7) is 4.74. The summed E-state index contributed by atoms with van der Waals surface area (Å²) >= 11 is 0. The number of nitrogens with one attached hydrogen (secondary N) is 1. The summed E-state index contributed by atoms with van der Waals surface area (Å²) in [5.41, 5.74) is 0. The van der Waals surface area contributed by atoms with Gasteiger partial charge < -0.3 is 19.8 Å². The van der Waals surface area contributed by atoms with Gasteiger partial charge in [-0.3, -0.25) is 13.8 Å². The Morgan fingerprint density at radius 3 is 1.31 bits per heavy atom. The molecule has 0 fully saturated rings. The van der Waals surface area contributed by atoms with Gasteiger partial charge >= 0.3 is 7.82 Å². The number of phosphoric acid groups is 1. The molecule has 0 aromatic carbocycles. The molecule has 64 heavy (non-hydrogen) atoms. The summed E-state index contributed by atoms with van der Waals surface area (Å²) < 4.78 is 23.7. The van der Waals surface area contributed by atoms with Crippen LogP contribution in [0.25, 0.3) is 0 Å². The number of allylic oxidation sites excluding steroid dienone is 10. The van der Waals surface area contributed by atoms with E-state index in [0.717, 1.165) is 57.8 Å². The Bertz CT molecular complexity index is 1230. The molecule has 0 saturated heterocycles. The molecule has 0 aromatic heterocycles. The zero-order chi connectivity index (χ0) is 47.1. The molecule has 374 valence electrons. The zero-order valence-corrected chi connectivity index (χ0v) is 43.4. The van der Waals surface area contributed by atoms with E-state index in [9.17, 15) is 19.4 Å². The number of amides is 1. The minimum atomic E-state index is -4.34. The standard InChI is InChI=1S/C55H103N2O6P/c1-6-8-10-12-14-16-18-20-22-24-25-26-27-28-29-30-31-33-34-36-38-40-42-44-46-48-54(58)53(52-63-64(60,61)62-51-50-57(3,4)5)56-55(59)49-47-45-43-41-39-37-35-32-23-21-19-17-15-13-11-9-7-2/h9,11,15,17,21,23,35,37,41,43,53-54,58H,6-8,10,12-14,16,18-20,22,24-34,36,38-40,42,44-52H2,1-5H3,(H-,56,59,60,61)/p+1/b11-9-,17-15-,23-21-,37-35-,43-41-. The third-order valence-electron chi connectivity index (χ3n) is 11.8. The normalized spacial score (nSPS) is 14.5. The molecule has 0 saturated carbocycles. The minimum Gasteiger partial charge on any atom is -0.391 e. The van der Waals surface area contributed by atoms with E-state index in [1.807, 2.05) is 21.1 Å². The highest BCUT2D eigenvalue weighted by Gasteiger charge is 2.28. The first-order valence-electron chi connectivity index (χ1n) is 26.7. The van der Waals surface area contributed by atoms with Gasteiger partial charge in [-0.2, -0.15) is 0 Å². The summed E-state index contributed by atoms with van der Waals surface area (Å²) in [6, 6.07) is -0.793. The fourth-order valence-electron chi connectivity index (χ4n) is 7.61. The average molecular weight is 920 g/mol. The van der Waals surface area contributed by atoms with E-state index < -0.39 is 20.0 Å². The number of hydrogen-bond donors (Lipinski definition) is 3. The van der Waals surface area contributed by atoms with Crippen molar-refractivity contribution < 1.29 is 32.9 Å². The van der Waals surface area contributed by atoms with Crippen LogP contribution in [0.3, 0.4) is 0 Å². The van der Waals surface area contributed by atoms with Gasteiger partial charge in [0.25, 0.3) is 0 Å². The molecule has 3 unspecified atom stereocenters. The fraction of sp³-hybridized carbons (Fsp3) is 0.800. The lowest BCUT2D eigenvalue weighted by atomic mass is 10.0. The Kier molecular flexibility index (Phi) is 45.0. The van der Waals surface area contributed by atoms with Crippen LogP contribution >= 0.6 is 7.82 Å². The molecule has 1 amide bonds. The number of rotatable bonds is 48. The first-order chi connectivity index (χ1) is 31.0. The van der Waals surface area contributed by atoms with Crippen molar-refractivity contribution >= 4 is 13.7 Å². The number of likely N-dealkylation sites (N-methyl/N-ethyl adjacent to an activating group) is 1. The third kappa shape index (κ3) is 48.1. The maximum atomic E-state index is 12.9. The second-order valence-corrected chi connectivity index (χ2v) is 20.7. The van der Waals surface area contributed by atoms with Crippen molar-refractivity contribution in [2.45, 2.75) is 244 Å². The summed E-state index contributed by atoms with van der Waals surface area (Å²) in [5, 5.41) is 14.0. The number of unbranched alkanes of at least 4 members (excludes halogenated alkanes) is 25. The quantitative estimate of drug-likeness (QED) is 0.0243. The third-order valence-corrected chi connectivity index (χ3v) is 12.8. The van der Waals surface area contributed by atoms with E-state index in [2.05, 4.69) is 79.9 Å². The molecule has 3 N–H and O–H groups in total. The second-order valence-electron chi connectivity index (χ2n) is 19.2. The van der Waals surface area contributed by atoms with Crippen molar-refractivity contribution in [1.29, 1.82) is 0 Å². The van der Waals surface area contributed by atoms with Gasteiger partial charge in [0, 0.05) is 6.42 Å². The minimum absolute atomic E-state index is 0.0617. The molecular weight excluding hydrogens is 816 g/mol. The molecule has 0 aliphatic heterocycles. The lowest BCUT2D eigenvalue weighted by molar-refractivity contribution is -0.870. The highest BCUT2D eigenvalue weighted by atomic mass is 31.2. The molecule has 0 radical (unpaired) electrons. The SMILES string of the molecule is CC/C=C\C/C=C\C/C=C\C/C=C\C/C=C\CCCC(=O)NC(COP(=O)(O)OCC[N+](C)(C)C)C(O)CCCCCCCCCCCCCCCCCCCCCCCCCCC. The van der Waals surface area contributed by atoms with Gasteiger partial charge in [0.1, 0.15) is 13.2 Å². The number of aliphatic hydroxyl groups excluding tert-OH is 1. The first-order valence-corrected chi connectivity index (χ1v) is 28.1. The fourth-order valence-corrected chi connectivity index (χ4v) is 8.35. The zero-order valence-electron chi connectivity index (χ0n) is 42.5. The van der Waals surface area contributed by atoms with E-state index in [1.165, 1.54) is 141 Å². The maximum Gasteiger partial charge on any atom is 0.472 e. The predicted octanol–water partition coefficient (Wildman–Crippen LogP) is 15.8. The second kappa shape index (κ2) is 46.3. The molecule has 0 heterocycles. The van der Waals surface area contributed by atoms with E-state index in [0.29, 0.717) is 30.3 Å². The van der Waals surface area contributed by atoms with Crippen LogP contribution in [0.2, 0.25) is 0 Å². The number of hydrogen-bond acceptors (Lipinski definition) is 5. The maximum absolute atomic E-state index is 12.9. The van der Waals surface area contributed by atoms with Crippen molar-refractivity contribution in [2.75, 3.05) is 40.9 Å². The predicted molar refractivity (Wildman–Crippen MR) is 277 cm³/mol. The van der Waals surface area contributed by atoms with E-state index >= 15 is 0 Å². The molecule has 0 rings (SSSR count). The summed E-state index contributed by atoms with van der Waals surface area (Å²) in [4.78, 5) is 23.2. The van der Waals surface area contributed by atoms with Crippen molar-refractivity contribution in [3.05, 3.63) is 60.8 Å². The van der Waals surface area contributed by atoms with E-state index in [1.54, 1.807) is 0 Å². The first kappa shape index (κ1) is 62.2. The smallest absolute Gasteiger partial charge is 0.391 e. The highest BCUT2D eigenvalue weighted by molar-refractivity contribution is 7.47. The number of quaternary nitrogens is 1. The van der Waals surface area contributed by atoms with Crippen molar-refractivity contribution in [3.8, 4) is 0 Å². The Morgan fingerprint density at radius 2 is 0.922 bits per heavy atom. The molecule has 0 spiro atoms. The summed E-state index contributed by atoms with van der Waals surface area (Å²) in [6.07, 6.45) is 61.4. The number of carbonyl (C=O) groups excluding carboxylic acids is 1. The number of phosphoric ester groups is 1. The number of nitrogens with zero attached hydrogens (tertiary/aromatic N) is 1. The monoisotopic (exact) mass is 920 g/mol. The molecule has 3 atom stereocenters. The van der Waals surface area contributed by atoms with Crippen LogP contribution in [-0.4, -0.2) is 73.4 Å².